The summed E-state index contributed by atoms with van der Waals surface area (Å²) < 4.78 is 24.7. The second-order valence-electron chi connectivity index (χ2n) is 6.46. The van der Waals surface area contributed by atoms with Crippen molar-refractivity contribution in [3.8, 4) is 0 Å². The number of hydrogen-bond donors (Lipinski definition) is 1. The molecule has 118 valence electrons. The van der Waals surface area contributed by atoms with Crippen LogP contribution in [-0.2, 0) is 15.6 Å². The standard InChI is InChI=1S/C17H27NO2S/c1-13-9-14(2)11-15(10-13)12-21(19,20)8-7-16-5-4-6-17(16)18-3/h9-11,16-18H,4-8,12H2,1-3H3. The summed E-state index contributed by atoms with van der Waals surface area (Å²) >= 11 is 0. The molecule has 1 N–H and O–H groups in total. The summed E-state index contributed by atoms with van der Waals surface area (Å²) in [6, 6.07) is 6.54. The van der Waals surface area contributed by atoms with E-state index >= 15 is 0 Å². The first kappa shape index (κ1) is 16.5. The van der Waals surface area contributed by atoms with Crippen LogP contribution >= 0.6 is 0 Å². The molecule has 1 saturated carbocycles. The van der Waals surface area contributed by atoms with Gasteiger partial charge in [-0.15, -0.1) is 0 Å². The molecule has 4 heteroatoms. The van der Waals surface area contributed by atoms with E-state index in [2.05, 4.69) is 11.4 Å². The van der Waals surface area contributed by atoms with Gasteiger partial charge in [-0.1, -0.05) is 35.7 Å². The molecule has 0 bridgehead atoms. The van der Waals surface area contributed by atoms with Crippen LogP contribution in [0.3, 0.4) is 0 Å². The van der Waals surface area contributed by atoms with Gasteiger partial charge in [0.2, 0.25) is 0 Å². The van der Waals surface area contributed by atoms with Gasteiger partial charge in [0.1, 0.15) is 0 Å². The smallest absolute Gasteiger partial charge is 0.154 e. The van der Waals surface area contributed by atoms with Crippen molar-refractivity contribution in [3.63, 3.8) is 0 Å². The van der Waals surface area contributed by atoms with Gasteiger partial charge in [-0.25, -0.2) is 8.42 Å². The van der Waals surface area contributed by atoms with Crippen molar-refractivity contribution in [3.05, 3.63) is 34.9 Å². The SMILES string of the molecule is CNC1CCCC1CCS(=O)(=O)Cc1cc(C)cc(C)c1. The Kier molecular flexibility index (Phi) is 5.44. The maximum atomic E-state index is 12.4. The second-order valence-corrected chi connectivity index (χ2v) is 8.65. The maximum absolute atomic E-state index is 12.4. The van der Waals surface area contributed by atoms with Gasteiger partial charge in [0.15, 0.2) is 9.84 Å². The zero-order valence-corrected chi connectivity index (χ0v) is 14.2. The Hall–Kier alpha value is -0.870. The maximum Gasteiger partial charge on any atom is 0.154 e. The van der Waals surface area contributed by atoms with E-state index in [4.69, 9.17) is 0 Å². The summed E-state index contributed by atoms with van der Waals surface area (Å²) in [7, 11) is -1.04. The second kappa shape index (κ2) is 6.93. The Morgan fingerprint density at radius 3 is 2.43 bits per heavy atom. The largest absolute Gasteiger partial charge is 0.317 e. The molecule has 2 unspecified atom stereocenters. The van der Waals surface area contributed by atoms with Crippen LogP contribution in [0.5, 0.6) is 0 Å². The minimum absolute atomic E-state index is 0.173. The van der Waals surface area contributed by atoms with Crippen molar-refractivity contribution >= 4 is 9.84 Å². The molecule has 2 atom stereocenters. The van der Waals surface area contributed by atoms with Crippen molar-refractivity contribution in [1.29, 1.82) is 0 Å². The Morgan fingerprint density at radius 2 is 1.81 bits per heavy atom. The highest BCUT2D eigenvalue weighted by molar-refractivity contribution is 7.90. The van der Waals surface area contributed by atoms with Gasteiger partial charge in [0.05, 0.1) is 11.5 Å². The Morgan fingerprint density at radius 1 is 1.14 bits per heavy atom. The molecule has 0 saturated heterocycles. The molecule has 3 nitrogen and oxygen atoms in total. The van der Waals surface area contributed by atoms with Crippen LogP contribution in [0.15, 0.2) is 18.2 Å². The minimum atomic E-state index is -3.02. The fourth-order valence-corrected chi connectivity index (χ4v) is 5.05. The van der Waals surface area contributed by atoms with Gasteiger partial charge < -0.3 is 5.32 Å². The van der Waals surface area contributed by atoms with Crippen LogP contribution in [0.25, 0.3) is 0 Å². The van der Waals surface area contributed by atoms with Gasteiger partial charge in [0, 0.05) is 6.04 Å². The summed E-state index contributed by atoms with van der Waals surface area (Å²) in [6.45, 7) is 4.03. The minimum Gasteiger partial charge on any atom is -0.317 e. The van der Waals surface area contributed by atoms with E-state index in [0.717, 1.165) is 29.5 Å². The van der Waals surface area contributed by atoms with Crippen molar-refractivity contribution in [2.24, 2.45) is 5.92 Å². The molecular weight excluding hydrogens is 282 g/mol. The van der Waals surface area contributed by atoms with Crippen molar-refractivity contribution in [1.82, 2.24) is 5.32 Å². The van der Waals surface area contributed by atoms with E-state index in [-0.39, 0.29) is 5.75 Å². The van der Waals surface area contributed by atoms with Crippen molar-refractivity contribution < 1.29 is 8.42 Å². The van der Waals surface area contributed by atoms with E-state index in [1.807, 2.05) is 33.0 Å². The number of aryl methyl sites for hydroxylation is 2. The predicted octanol–water partition coefficient (Wildman–Crippen LogP) is 3.00. The van der Waals surface area contributed by atoms with Gasteiger partial charge in [-0.2, -0.15) is 0 Å². The number of nitrogens with one attached hydrogen (secondary N) is 1. The zero-order valence-electron chi connectivity index (χ0n) is 13.4. The van der Waals surface area contributed by atoms with Crippen LogP contribution < -0.4 is 5.32 Å². The number of hydrogen-bond acceptors (Lipinski definition) is 3. The highest BCUT2D eigenvalue weighted by Crippen LogP contribution is 2.28. The molecule has 1 aliphatic carbocycles. The van der Waals surface area contributed by atoms with E-state index in [9.17, 15) is 8.42 Å². The molecule has 1 aromatic rings. The third kappa shape index (κ3) is 4.82. The molecule has 0 spiro atoms. The average Bonchev–Trinajstić information content (AvgIpc) is 2.82. The summed E-state index contributed by atoms with van der Waals surface area (Å²) in [5.41, 5.74) is 3.18. The van der Waals surface area contributed by atoms with E-state index < -0.39 is 9.84 Å². The van der Waals surface area contributed by atoms with E-state index in [1.54, 1.807) is 0 Å². The normalized spacial score (nSPS) is 22.6. The molecule has 0 heterocycles. The molecule has 1 aliphatic rings. The number of rotatable bonds is 6. The first-order chi connectivity index (χ1) is 9.89. The van der Waals surface area contributed by atoms with Gasteiger partial charge >= 0.3 is 0 Å². The average molecular weight is 309 g/mol. The summed E-state index contributed by atoms with van der Waals surface area (Å²) in [6.07, 6.45) is 4.34. The van der Waals surface area contributed by atoms with Crippen LogP contribution in [0.1, 0.15) is 42.4 Å². The number of sulfone groups is 1. The molecule has 1 aromatic carbocycles. The predicted molar refractivity (Wildman–Crippen MR) is 88.2 cm³/mol. The van der Waals surface area contributed by atoms with Crippen LogP contribution in [0, 0.1) is 19.8 Å². The highest BCUT2D eigenvalue weighted by atomic mass is 32.2. The summed E-state index contributed by atoms with van der Waals surface area (Å²) in [5, 5.41) is 3.32. The van der Waals surface area contributed by atoms with Crippen molar-refractivity contribution in [2.75, 3.05) is 12.8 Å². The molecule has 21 heavy (non-hydrogen) atoms. The van der Waals surface area contributed by atoms with Gasteiger partial charge in [-0.3, -0.25) is 0 Å². The Balaban J connectivity index is 1.95. The van der Waals surface area contributed by atoms with Gasteiger partial charge in [0.25, 0.3) is 0 Å². The molecule has 1 fully saturated rings. The Bertz CT molecular complexity index is 560. The molecule has 0 aliphatic heterocycles. The fourth-order valence-electron chi connectivity index (χ4n) is 3.57. The Labute approximate surface area is 129 Å². The zero-order chi connectivity index (χ0) is 15.5. The van der Waals surface area contributed by atoms with E-state index in [0.29, 0.717) is 17.7 Å². The number of benzene rings is 1. The fraction of sp³-hybridized carbons (Fsp3) is 0.647. The lowest BCUT2D eigenvalue weighted by Gasteiger charge is -2.18. The molecule has 0 aromatic heterocycles. The summed E-state index contributed by atoms with van der Waals surface area (Å²) in [5.74, 6) is 0.999. The third-order valence-corrected chi connectivity index (χ3v) is 6.13. The monoisotopic (exact) mass is 309 g/mol. The van der Waals surface area contributed by atoms with E-state index in [1.165, 1.54) is 12.8 Å². The first-order valence-electron chi connectivity index (χ1n) is 7.84. The topological polar surface area (TPSA) is 46.2 Å². The molecule has 0 radical (unpaired) electrons. The van der Waals surface area contributed by atoms with Crippen LogP contribution in [0.2, 0.25) is 0 Å². The lowest BCUT2D eigenvalue weighted by Crippen LogP contribution is -2.30. The lowest BCUT2D eigenvalue weighted by molar-refractivity contribution is 0.414. The highest BCUT2D eigenvalue weighted by Gasteiger charge is 2.27. The van der Waals surface area contributed by atoms with Crippen LogP contribution in [-0.4, -0.2) is 27.3 Å². The third-order valence-electron chi connectivity index (χ3n) is 4.50. The summed E-state index contributed by atoms with van der Waals surface area (Å²) in [4.78, 5) is 0. The quantitative estimate of drug-likeness (QED) is 0.878. The van der Waals surface area contributed by atoms with Gasteiger partial charge in [-0.05, 0) is 51.6 Å². The first-order valence-corrected chi connectivity index (χ1v) is 9.66. The molecule has 0 amide bonds. The molecule has 2 rings (SSSR count). The van der Waals surface area contributed by atoms with Crippen molar-refractivity contribution in [2.45, 2.75) is 51.3 Å². The lowest BCUT2D eigenvalue weighted by atomic mass is 10.0. The van der Waals surface area contributed by atoms with Crippen LogP contribution in [0.4, 0.5) is 0 Å². The molecular formula is C17H27NO2S.